The second kappa shape index (κ2) is 7.77. The number of carbonyl (C=O) groups excluding carboxylic acids is 1. The van der Waals surface area contributed by atoms with Gasteiger partial charge in [0.2, 0.25) is 5.06 Å². The molecule has 0 atom stereocenters. The fourth-order valence-electron chi connectivity index (χ4n) is 1.78. The lowest BCUT2D eigenvalue weighted by molar-refractivity contribution is 0.192. The fourth-order valence-corrected chi connectivity index (χ4v) is 2.46. The van der Waals surface area contributed by atoms with Gasteiger partial charge in [-0.25, -0.2) is 9.78 Å². The fraction of sp³-hybridized carbons (Fsp3) is 0.333. The Kier molecular flexibility index (Phi) is 5.74. The van der Waals surface area contributed by atoms with Crippen LogP contribution in [0.1, 0.15) is 12.5 Å². The second-order valence-corrected chi connectivity index (χ2v) is 5.63. The molecule has 0 spiro atoms. The van der Waals surface area contributed by atoms with Crippen molar-refractivity contribution in [1.82, 2.24) is 9.88 Å². The molecule has 2 aromatic rings. The molecule has 2 N–H and O–H groups in total. The average Bonchev–Trinajstić information content (AvgIpc) is 2.94. The topological polar surface area (TPSA) is 74.7 Å². The number of nitrogens with one attached hydrogen (secondary N) is 1. The number of hydrogen-bond acceptors (Lipinski definition) is 5. The van der Waals surface area contributed by atoms with Crippen molar-refractivity contribution in [3.05, 3.63) is 36.0 Å². The molecule has 0 aliphatic carbocycles. The van der Waals surface area contributed by atoms with Crippen LogP contribution in [-0.2, 0) is 0 Å². The molecule has 6 nitrogen and oxygen atoms in total. The van der Waals surface area contributed by atoms with Gasteiger partial charge in [-0.05, 0) is 26.0 Å². The average molecular weight is 321 g/mol. The van der Waals surface area contributed by atoms with E-state index in [1.54, 1.807) is 6.20 Å². The first-order valence-electron chi connectivity index (χ1n) is 6.99. The Bertz CT molecular complexity index is 613. The number of aliphatic hydroxyl groups is 1. The highest BCUT2D eigenvalue weighted by Gasteiger charge is 2.13. The predicted octanol–water partition coefficient (Wildman–Crippen LogP) is 3.09. The molecule has 1 aromatic heterocycles. The number of amides is 2. The SMILES string of the molecule is CCN(CCO)C(=O)Nc1ncc(Oc2ccc(C)cc2)s1. The molecule has 0 radical (unpaired) electrons. The van der Waals surface area contributed by atoms with Crippen LogP contribution in [-0.4, -0.2) is 40.7 Å². The van der Waals surface area contributed by atoms with Crippen LogP contribution in [0.3, 0.4) is 0 Å². The Labute approximate surface area is 133 Å². The molecule has 1 aromatic carbocycles. The van der Waals surface area contributed by atoms with Gasteiger partial charge in [0.15, 0.2) is 5.13 Å². The number of carbonyl (C=O) groups is 1. The molecular weight excluding hydrogens is 302 g/mol. The monoisotopic (exact) mass is 321 g/mol. The van der Waals surface area contributed by atoms with Crippen LogP contribution in [0.2, 0.25) is 0 Å². The number of nitrogens with zero attached hydrogens (tertiary/aromatic N) is 2. The first-order valence-corrected chi connectivity index (χ1v) is 7.81. The van der Waals surface area contributed by atoms with E-state index in [0.717, 1.165) is 11.3 Å². The van der Waals surface area contributed by atoms with Crippen LogP contribution in [0.15, 0.2) is 30.5 Å². The van der Waals surface area contributed by atoms with Gasteiger partial charge < -0.3 is 14.7 Å². The summed E-state index contributed by atoms with van der Waals surface area (Å²) >= 11 is 1.25. The van der Waals surface area contributed by atoms with Gasteiger partial charge in [0, 0.05) is 13.1 Å². The van der Waals surface area contributed by atoms with E-state index in [1.165, 1.54) is 16.2 Å². The van der Waals surface area contributed by atoms with Crippen LogP contribution in [0.4, 0.5) is 9.93 Å². The van der Waals surface area contributed by atoms with E-state index in [0.29, 0.717) is 23.3 Å². The summed E-state index contributed by atoms with van der Waals surface area (Å²) in [6.45, 7) is 4.60. The van der Waals surface area contributed by atoms with Crippen LogP contribution in [0.5, 0.6) is 10.8 Å². The normalized spacial score (nSPS) is 10.3. The molecule has 0 aliphatic rings. The van der Waals surface area contributed by atoms with Crippen molar-refractivity contribution in [2.24, 2.45) is 0 Å². The van der Waals surface area contributed by atoms with Crippen molar-refractivity contribution >= 4 is 22.5 Å². The molecule has 0 unspecified atom stereocenters. The summed E-state index contributed by atoms with van der Waals surface area (Å²) in [5.41, 5.74) is 1.16. The lowest BCUT2D eigenvalue weighted by Crippen LogP contribution is -2.36. The highest BCUT2D eigenvalue weighted by molar-refractivity contribution is 7.17. The maximum Gasteiger partial charge on any atom is 0.323 e. The second-order valence-electron chi connectivity index (χ2n) is 4.63. The van der Waals surface area contributed by atoms with Crippen LogP contribution < -0.4 is 10.1 Å². The minimum atomic E-state index is -0.284. The number of ether oxygens (including phenoxy) is 1. The number of aliphatic hydroxyl groups excluding tert-OH is 1. The number of urea groups is 1. The highest BCUT2D eigenvalue weighted by Crippen LogP contribution is 2.30. The molecule has 7 heteroatoms. The molecule has 0 bridgehead atoms. The molecular formula is C15H19N3O3S. The molecule has 0 saturated heterocycles. The van der Waals surface area contributed by atoms with Gasteiger partial charge in [-0.15, -0.1) is 0 Å². The Morgan fingerprint density at radius 2 is 2.14 bits per heavy atom. The van der Waals surface area contributed by atoms with E-state index in [9.17, 15) is 4.79 Å². The smallest absolute Gasteiger partial charge is 0.323 e. The van der Waals surface area contributed by atoms with Gasteiger partial charge in [-0.3, -0.25) is 5.32 Å². The van der Waals surface area contributed by atoms with Crippen LogP contribution in [0, 0.1) is 6.92 Å². The lowest BCUT2D eigenvalue weighted by Gasteiger charge is -2.18. The van der Waals surface area contributed by atoms with Crippen LogP contribution >= 0.6 is 11.3 Å². The van der Waals surface area contributed by atoms with Crippen molar-refractivity contribution in [2.45, 2.75) is 13.8 Å². The summed E-state index contributed by atoms with van der Waals surface area (Å²) in [5.74, 6) is 0.725. The van der Waals surface area contributed by atoms with Gasteiger partial charge in [-0.2, -0.15) is 0 Å². The molecule has 1 heterocycles. The molecule has 22 heavy (non-hydrogen) atoms. The van der Waals surface area contributed by atoms with Crippen molar-refractivity contribution in [1.29, 1.82) is 0 Å². The van der Waals surface area contributed by atoms with Crippen LogP contribution in [0.25, 0.3) is 0 Å². The molecule has 2 amide bonds. The number of benzene rings is 1. The largest absolute Gasteiger partial charge is 0.445 e. The maximum absolute atomic E-state index is 12.0. The zero-order valence-corrected chi connectivity index (χ0v) is 13.4. The minimum Gasteiger partial charge on any atom is -0.445 e. The van der Waals surface area contributed by atoms with Gasteiger partial charge in [-0.1, -0.05) is 29.0 Å². The van der Waals surface area contributed by atoms with E-state index in [1.807, 2.05) is 38.1 Å². The zero-order valence-electron chi connectivity index (χ0n) is 12.6. The standard InChI is InChI=1S/C15H19N3O3S/c1-3-18(8-9-19)15(20)17-14-16-10-13(22-14)21-12-6-4-11(2)5-7-12/h4-7,10,19H,3,8-9H2,1-2H3,(H,16,17,20). The van der Waals surface area contributed by atoms with Gasteiger partial charge >= 0.3 is 6.03 Å². The van der Waals surface area contributed by atoms with E-state index in [2.05, 4.69) is 10.3 Å². The summed E-state index contributed by atoms with van der Waals surface area (Å²) in [6, 6.07) is 7.41. The number of likely N-dealkylation sites (N-methyl/N-ethyl adjacent to an activating group) is 1. The minimum absolute atomic E-state index is 0.0685. The molecule has 118 valence electrons. The highest BCUT2D eigenvalue weighted by atomic mass is 32.1. The van der Waals surface area contributed by atoms with E-state index < -0.39 is 0 Å². The van der Waals surface area contributed by atoms with Crippen molar-refractivity contribution in [3.8, 4) is 10.8 Å². The third kappa shape index (κ3) is 4.44. The van der Waals surface area contributed by atoms with Gasteiger partial charge in [0.05, 0.1) is 12.8 Å². The Balaban J connectivity index is 1.96. The molecule has 0 fully saturated rings. The zero-order chi connectivity index (χ0) is 15.9. The number of rotatable bonds is 6. The quantitative estimate of drug-likeness (QED) is 0.857. The Morgan fingerprint density at radius 1 is 1.41 bits per heavy atom. The maximum atomic E-state index is 12.0. The summed E-state index contributed by atoms with van der Waals surface area (Å²) in [7, 11) is 0. The van der Waals surface area contributed by atoms with Gasteiger partial charge in [0.1, 0.15) is 5.75 Å². The number of anilines is 1. The van der Waals surface area contributed by atoms with Crippen molar-refractivity contribution in [3.63, 3.8) is 0 Å². The molecule has 0 saturated carbocycles. The van der Waals surface area contributed by atoms with E-state index >= 15 is 0 Å². The summed E-state index contributed by atoms with van der Waals surface area (Å²) in [6.07, 6.45) is 1.57. The first-order chi connectivity index (χ1) is 10.6. The van der Waals surface area contributed by atoms with Crippen molar-refractivity contribution < 1.29 is 14.6 Å². The number of aryl methyl sites for hydroxylation is 1. The third-order valence-electron chi connectivity index (χ3n) is 2.98. The van der Waals surface area contributed by atoms with Gasteiger partial charge in [0.25, 0.3) is 0 Å². The summed E-state index contributed by atoms with van der Waals surface area (Å²) in [5, 5.41) is 12.7. The third-order valence-corrected chi connectivity index (χ3v) is 3.77. The van der Waals surface area contributed by atoms with Crippen molar-refractivity contribution in [2.75, 3.05) is 25.0 Å². The number of hydrogen-bond donors (Lipinski definition) is 2. The summed E-state index contributed by atoms with van der Waals surface area (Å²) in [4.78, 5) is 17.6. The number of aromatic nitrogens is 1. The lowest BCUT2D eigenvalue weighted by atomic mass is 10.2. The van der Waals surface area contributed by atoms with E-state index in [-0.39, 0.29) is 12.6 Å². The first kappa shape index (κ1) is 16.3. The summed E-state index contributed by atoms with van der Waals surface area (Å²) < 4.78 is 5.68. The molecule has 0 aliphatic heterocycles. The Hall–Kier alpha value is -2.12. The molecule has 2 rings (SSSR count). The Morgan fingerprint density at radius 3 is 2.77 bits per heavy atom. The predicted molar refractivity (Wildman–Crippen MR) is 86.7 cm³/mol. The van der Waals surface area contributed by atoms with E-state index in [4.69, 9.17) is 9.84 Å². The number of thiazole rings is 1.